The lowest BCUT2D eigenvalue weighted by Gasteiger charge is -1.98. The molecule has 1 atom stereocenters. The Morgan fingerprint density at radius 1 is 1.30 bits per heavy atom. The van der Waals surface area contributed by atoms with Gasteiger partial charge in [0.1, 0.15) is 0 Å². The van der Waals surface area contributed by atoms with E-state index in [1.165, 1.54) is 0 Å². The largest absolute Gasteiger partial charge is 0.321 e. The van der Waals surface area contributed by atoms with Crippen LogP contribution in [0.25, 0.3) is 0 Å². The third kappa shape index (κ3) is 5.44. The molecule has 10 heavy (non-hydrogen) atoms. The van der Waals surface area contributed by atoms with Crippen molar-refractivity contribution in [2.45, 2.75) is 31.7 Å². The molecule has 0 aliphatic heterocycles. The number of hydrogen-bond acceptors (Lipinski definition) is 3. The van der Waals surface area contributed by atoms with E-state index in [2.05, 4.69) is 0 Å². The molecule has 0 saturated heterocycles. The molecule has 3 heteroatoms. The van der Waals surface area contributed by atoms with E-state index in [4.69, 9.17) is 5.73 Å². The fraction of sp³-hybridized carbons (Fsp3) is 0.714. The summed E-state index contributed by atoms with van der Waals surface area (Å²) in [5.74, 6) is 0. The molecular formula is C7H11NO2. The van der Waals surface area contributed by atoms with E-state index in [1.54, 1.807) is 12.6 Å². The highest BCUT2D eigenvalue weighted by Gasteiger charge is 1.99. The van der Waals surface area contributed by atoms with Gasteiger partial charge in [-0.05, 0) is 12.8 Å². The van der Waals surface area contributed by atoms with Gasteiger partial charge in [-0.15, -0.1) is 0 Å². The molecule has 0 spiro atoms. The molecule has 0 saturated carbocycles. The molecule has 0 bridgehead atoms. The Labute approximate surface area is 60.6 Å². The third-order valence-electron chi connectivity index (χ3n) is 1.20. The van der Waals surface area contributed by atoms with Crippen LogP contribution in [0.2, 0.25) is 0 Å². The summed E-state index contributed by atoms with van der Waals surface area (Å²) in [5.41, 5.74) is 5.23. The lowest BCUT2D eigenvalue weighted by atomic mass is 10.1. The maximum atomic E-state index is 9.84. The molecule has 0 aliphatic rings. The van der Waals surface area contributed by atoms with Crippen LogP contribution in [-0.4, -0.2) is 18.6 Å². The molecular weight excluding hydrogens is 130 g/mol. The fourth-order valence-corrected chi connectivity index (χ4v) is 0.620. The molecule has 0 heterocycles. The zero-order chi connectivity index (χ0) is 7.82. The minimum absolute atomic E-state index is 0.436. The van der Waals surface area contributed by atoms with E-state index in [-0.39, 0.29) is 0 Å². The highest BCUT2D eigenvalue weighted by atomic mass is 16.1. The van der Waals surface area contributed by atoms with Gasteiger partial charge < -0.3 is 5.73 Å². The van der Waals surface area contributed by atoms with Crippen LogP contribution in [0.4, 0.5) is 0 Å². The second kappa shape index (κ2) is 6.42. The van der Waals surface area contributed by atoms with Gasteiger partial charge >= 0.3 is 0 Å². The van der Waals surface area contributed by atoms with E-state index in [0.717, 1.165) is 12.8 Å². The zero-order valence-electron chi connectivity index (χ0n) is 5.80. The van der Waals surface area contributed by atoms with Crippen LogP contribution >= 0.6 is 0 Å². The molecule has 0 aromatic heterocycles. The van der Waals surface area contributed by atoms with E-state index < -0.39 is 6.04 Å². The van der Waals surface area contributed by atoms with Crippen LogP contribution in [0.5, 0.6) is 0 Å². The number of hydrogen-bond donors (Lipinski definition) is 1. The normalized spacial score (nSPS) is 12.5. The monoisotopic (exact) mass is 141 g/mol. The highest BCUT2D eigenvalue weighted by molar-refractivity contribution is 5.57. The van der Waals surface area contributed by atoms with Gasteiger partial charge in [-0.2, -0.15) is 0 Å². The van der Waals surface area contributed by atoms with Gasteiger partial charge in [0.15, 0.2) is 6.29 Å². The van der Waals surface area contributed by atoms with E-state index >= 15 is 0 Å². The van der Waals surface area contributed by atoms with E-state index in [9.17, 15) is 9.59 Å². The third-order valence-corrected chi connectivity index (χ3v) is 1.20. The molecule has 3 nitrogen and oxygen atoms in total. The van der Waals surface area contributed by atoms with E-state index in [0.29, 0.717) is 12.8 Å². The summed E-state index contributed by atoms with van der Waals surface area (Å²) >= 11 is 0. The van der Waals surface area contributed by atoms with Crippen LogP contribution in [-0.2, 0) is 9.59 Å². The van der Waals surface area contributed by atoms with Crippen molar-refractivity contribution in [2.75, 3.05) is 0 Å². The molecule has 1 unspecified atom stereocenters. The van der Waals surface area contributed by atoms with Gasteiger partial charge in [0, 0.05) is 6.42 Å². The average Bonchev–Trinajstić information content (AvgIpc) is 1.98. The first kappa shape index (κ1) is 9.30. The molecule has 0 aromatic carbocycles. The summed E-state index contributed by atoms with van der Waals surface area (Å²) in [5, 5.41) is 0. The predicted octanol–water partition coefficient (Wildman–Crippen LogP) is 0.0935. The maximum absolute atomic E-state index is 9.84. The Kier molecular flexibility index (Phi) is 5.97. The number of unbranched alkanes of at least 4 members (excludes halogenated alkanes) is 2. The molecule has 0 aromatic rings. The van der Waals surface area contributed by atoms with Crippen molar-refractivity contribution in [3.63, 3.8) is 0 Å². The van der Waals surface area contributed by atoms with Gasteiger partial charge in [-0.3, -0.25) is 9.59 Å². The molecule has 0 rings (SSSR count). The Bertz CT molecular complexity index is 104. The SMILES string of the molecule is NC([C]=O)CCCC[C]=O. The lowest BCUT2D eigenvalue weighted by molar-refractivity contribution is 0.525. The van der Waals surface area contributed by atoms with Crippen molar-refractivity contribution in [3.8, 4) is 0 Å². The molecule has 0 aliphatic carbocycles. The van der Waals surface area contributed by atoms with Crippen LogP contribution < -0.4 is 5.73 Å². The average molecular weight is 141 g/mol. The minimum Gasteiger partial charge on any atom is -0.321 e. The van der Waals surface area contributed by atoms with Crippen molar-refractivity contribution in [1.82, 2.24) is 0 Å². The van der Waals surface area contributed by atoms with Gasteiger partial charge in [0.25, 0.3) is 0 Å². The zero-order valence-corrected chi connectivity index (χ0v) is 5.80. The first-order chi connectivity index (χ1) is 4.81. The van der Waals surface area contributed by atoms with Crippen molar-refractivity contribution >= 4 is 12.6 Å². The molecule has 2 radical (unpaired) electrons. The summed E-state index contributed by atoms with van der Waals surface area (Å²) in [6.07, 6.45) is 6.05. The summed E-state index contributed by atoms with van der Waals surface area (Å²) in [6.45, 7) is 0. The standard InChI is InChI=1S/C7H11NO2/c8-7(6-10)4-2-1-3-5-9/h7H,1-4,8H2. The van der Waals surface area contributed by atoms with Crippen LogP contribution in [0, 0.1) is 0 Å². The summed E-state index contributed by atoms with van der Waals surface area (Å²) in [6, 6.07) is -0.480. The van der Waals surface area contributed by atoms with Gasteiger partial charge in [0.2, 0.25) is 6.29 Å². The second-order valence-electron chi connectivity index (χ2n) is 2.11. The van der Waals surface area contributed by atoms with Crippen molar-refractivity contribution in [2.24, 2.45) is 5.73 Å². The van der Waals surface area contributed by atoms with Crippen LogP contribution in [0.3, 0.4) is 0 Å². The van der Waals surface area contributed by atoms with Gasteiger partial charge in [0.05, 0.1) is 6.04 Å². The summed E-state index contributed by atoms with van der Waals surface area (Å²) < 4.78 is 0. The Hall–Kier alpha value is -0.700. The molecule has 0 amide bonds. The molecule has 0 fully saturated rings. The van der Waals surface area contributed by atoms with Gasteiger partial charge in [-0.1, -0.05) is 6.42 Å². The van der Waals surface area contributed by atoms with Crippen molar-refractivity contribution < 1.29 is 9.59 Å². The minimum atomic E-state index is -0.480. The first-order valence-corrected chi connectivity index (χ1v) is 3.29. The lowest BCUT2D eigenvalue weighted by Crippen LogP contribution is -2.20. The second-order valence-corrected chi connectivity index (χ2v) is 2.11. The highest BCUT2D eigenvalue weighted by Crippen LogP contribution is 1.98. The quantitative estimate of drug-likeness (QED) is 0.533. The van der Waals surface area contributed by atoms with Crippen LogP contribution in [0.1, 0.15) is 25.7 Å². The topological polar surface area (TPSA) is 60.2 Å². The smallest absolute Gasteiger partial charge is 0.216 e. The first-order valence-electron chi connectivity index (χ1n) is 3.29. The summed E-state index contributed by atoms with van der Waals surface area (Å²) in [4.78, 5) is 19.5. The molecule has 56 valence electrons. The Balaban J connectivity index is 3.02. The Morgan fingerprint density at radius 2 is 2.00 bits per heavy atom. The maximum Gasteiger partial charge on any atom is 0.216 e. The molecule has 2 N–H and O–H groups in total. The summed E-state index contributed by atoms with van der Waals surface area (Å²) in [7, 11) is 0. The van der Waals surface area contributed by atoms with Crippen molar-refractivity contribution in [1.29, 1.82) is 0 Å². The van der Waals surface area contributed by atoms with Crippen LogP contribution in [0.15, 0.2) is 0 Å². The van der Waals surface area contributed by atoms with Crippen molar-refractivity contribution in [3.05, 3.63) is 0 Å². The fourth-order valence-electron chi connectivity index (χ4n) is 0.620. The predicted molar refractivity (Wildman–Crippen MR) is 37.8 cm³/mol. The number of rotatable bonds is 6. The number of carbonyl (C=O) groups excluding carboxylic acids is 2. The van der Waals surface area contributed by atoms with E-state index in [1.807, 2.05) is 0 Å². The Morgan fingerprint density at radius 3 is 2.50 bits per heavy atom. The number of nitrogens with two attached hydrogens (primary N) is 1. The van der Waals surface area contributed by atoms with Gasteiger partial charge in [-0.25, -0.2) is 0 Å².